The van der Waals surface area contributed by atoms with Gasteiger partial charge in [0.2, 0.25) is 0 Å². The van der Waals surface area contributed by atoms with E-state index < -0.39 is 21.1 Å². The molecule has 2 radical (unpaired) electrons. The third-order valence-corrected chi connectivity index (χ3v) is 9.54. The molecule has 1 aromatic heterocycles. The van der Waals surface area contributed by atoms with Gasteiger partial charge in [0.05, 0.1) is 0 Å². The van der Waals surface area contributed by atoms with E-state index in [0.29, 0.717) is 8.58 Å². The summed E-state index contributed by atoms with van der Waals surface area (Å²) in [6, 6.07) is 2.04. The van der Waals surface area contributed by atoms with Crippen LogP contribution < -0.4 is 3.71 Å². The maximum atomic E-state index is 6.17. The topological polar surface area (TPSA) is 25.8 Å². The van der Waals surface area contributed by atoms with Gasteiger partial charge in [0, 0.05) is 0 Å². The van der Waals surface area contributed by atoms with E-state index in [1.807, 2.05) is 13.0 Å². The molecule has 0 fully saturated rings. The van der Waals surface area contributed by atoms with Crippen molar-refractivity contribution in [3.63, 3.8) is 0 Å². The number of aryl methyl sites for hydroxylation is 1. The van der Waals surface area contributed by atoms with Crippen molar-refractivity contribution < 1.29 is 0 Å². The van der Waals surface area contributed by atoms with Crippen molar-refractivity contribution in [3.8, 4) is 0 Å². The Morgan fingerprint density at radius 2 is 1.45 bits per heavy atom. The Kier molecular flexibility index (Phi) is 9.97. The van der Waals surface area contributed by atoms with E-state index in [-0.39, 0.29) is 0 Å². The van der Waals surface area contributed by atoms with Crippen LogP contribution in [-0.4, -0.2) is 31.1 Å². The molecule has 0 aliphatic carbocycles. The molecule has 0 spiro atoms. The predicted octanol–water partition coefficient (Wildman–Crippen LogP) is 5.50. The number of unbranched alkanes of at least 4 members (excludes halogenated alkanes) is 3. The number of rotatable bonds is 11. The van der Waals surface area contributed by atoms with Crippen LogP contribution in [0.15, 0.2) is 6.07 Å². The zero-order chi connectivity index (χ0) is 16.4. The Labute approximate surface area is 152 Å². The van der Waals surface area contributed by atoms with Crippen LogP contribution >= 0.6 is 11.6 Å². The van der Waals surface area contributed by atoms with Crippen LogP contribution in [0.4, 0.5) is 0 Å². The van der Waals surface area contributed by atoms with Gasteiger partial charge < -0.3 is 0 Å². The minimum atomic E-state index is -0.778. The number of aromatic nitrogens is 2. The summed E-state index contributed by atoms with van der Waals surface area (Å²) >= 11 is 5.39. The first-order chi connectivity index (χ1) is 10.5. The quantitative estimate of drug-likeness (QED) is 0.343. The molecular weight excluding hydrogens is 398 g/mol. The minimum absolute atomic E-state index is 0.565. The van der Waals surface area contributed by atoms with E-state index in [0.717, 1.165) is 5.82 Å². The average molecular weight is 430 g/mol. The van der Waals surface area contributed by atoms with Crippen molar-refractivity contribution in [2.24, 2.45) is 0 Å². The number of hydrogen-bond acceptors (Lipinski definition) is 2. The molecular formula is C18H31ClN2Sn. The SMILES string of the molecule is CCCC[C](CCCC)(CCCC)[Sn][c]1cc(Cl)nc(C)n1. The predicted molar refractivity (Wildman–Crippen MR) is 98.4 cm³/mol. The molecule has 0 aromatic carbocycles. The van der Waals surface area contributed by atoms with Crippen molar-refractivity contribution in [1.82, 2.24) is 9.97 Å². The molecule has 22 heavy (non-hydrogen) atoms. The molecule has 0 N–H and O–H groups in total. The van der Waals surface area contributed by atoms with Gasteiger partial charge >= 0.3 is 152 Å². The second-order valence-electron chi connectivity index (χ2n) is 6.34. The summed E-state index contributed by atoms with van der Waals surface area (Å²) in [4.78, 5) is 8.96. The van der Waals surface area contributed by atoms with Gasteiger partial charge in [0.1, 0.15) is 0 Å². The van der Waals surface area contributed by atoms with Crippen LogP contribution in [0.2, 0.25) is 8.58 Å². The van der Waals surface area contributed by atoms with Crippen molar-refractivity contribution in [1.29, 1.82) is 0 Å². The van der Waals surface area contributed by atoms with Crippen molar-refractivity contribution >= 4 is 36.5 Å². The molecule has 0 saturated heterocycles. The average Bonchev–Trinajstić information content (AvgIpc) is 2.47. The van der Waals surface area contributed by atoms with Crippen molar-refractivity contribution in [3.05, 3.63) is 17.0 Å². The van der Waals surface area contributed by atoms with Crippen LogP contribution in [0.3, 0.4) is 0 Å². The van der Waals surface area contributed by atoms with E-state index in [4.69, 9.17) is 16.6 Å². The summed E-state index contributed by atoms with van der Waals surface area (Å²) in [7, 11) is 0. The zero-order valence-electron chi connectivity index (χ0n) is 14.7. The molecule has 124 valence electrons. The van der Waals surface area contributed by atoms with Crippen molar-refractivity contribution in [2.75, 3.05) is 0 Å². The van der Waals surface area contributed by atoms with E-state index in [2.05, 4.69) is 25.8 Å². The molecule has 0 aliphatic rings. The van der Waals surface area contributed by atoms with Crippen LogP contribution in [-0.2, 0) is 0 Å². The Morgan fingerprint density at radius 3 is 1.86 bits per heavy atom. The first kappa shape index (κ1) is 20.2. The fourth-order valence-electron chi connectivity index (χ4n) is 2.97. The molecule has 0 aliphatic heterocycles. The molecule has 0 atom stereocenters. The second-order valence-corrected chi connectivity index (χ2v) is 11.9. The molecule has 1 rings (SSSR count). The van der Waals surface area contributed by atoms with E-state index in [9.17, 15) is 0 Å². The number of nitrogens with zero attached hydrogens (tertiary/aromatic N) is 2. The Bertz CT molecular complexity index is 395. The van der Waals surface area contributed by atoms with Crippen molar-refractivity contribution in [2.45, 2.75) is 88.9 Å². The fourth-order valence-corrected chi connectivity index (χ4v) is 8.81. The van der Waals surface area contributed by atoms with Gasteiger partial charge in [-0.3, -0.25) is 0 Å². The first-order valence-corrected chi connectivity index (χ1v) is 12.1. The van der Waals surface area contributed by atoms with Crippen LogP contribution in [0.25, 0.3) is 0 Å². The van der Waals surface area contributed by atoms with Gasteiger partial charge in [-0.15, -0.1) is 0 Å². The molecule has 1 heterocycles. The maximum absolute atomic E-state index is 6.17. The standard InChI is InChI=1S/C13H27.C5H4ClN2.Sn/c1-4-7-10-13(11-8-5-2)12-9-6-3;1-4-7-3-2-5(6)8-4;/h4-12H2,1-3H3;2H,1H3;. The zero-order valence-corrected chi connectivity index (χ0v) is 18.3. The molecule has 0 bridgehead atoms. The van der Waals surface area contributed by atoms with Crippen LogP contribution in [0, 0.1) is 6.92 Å². The number of halogens is 1. The molecule has 0 unspecified atom stereocenters. The van der Waals surface area contributed by atoms with E-state index in [1.165, 1.54) is 61.5 Å². The molecule has 2 nitrogen and oxygen atoms in total. The second kappa shape index (κ2) is 10.9. The van der Waals surface area contributed by atoms with Gasteiger partial charge in [-0.1, -0.05) is 0 Å². The van der Waals surface area contributed by atoms with E-state index in [1.54, 1.807) is 0 Å². The van der Waals surface area contributed by atoms with Gasteiger partial charge in [-0.05, 0) is 0 Å². The van der Waals surface area contributed by atoms with Gasteiger partial charge in [-0.2, -0.15) is 0 Å². The van der Waals surface area contributed by atoms with Crippen LogP contribution in [0.5, 0.6) is 0 Å². The monoisotopic (exact) mass is 430 g/mol. The molecule has 0 saturated carbocycles. The summed E-state index contributed by atoms with van der Waals surface area (Å²) < 4.78 is 1.86. The van der Waals surface area contributed by atoms with Gasteiger partial charge in [0.25, 0.3) is 0 Å². The molecule has 4 heteroatoms. The normalized spacial score (nSPS) is 11.9. The molecule has 0 amide bonds. The van der Waals surface area contributed by atoms with E-state index >= 15 is 0 Å². The molecule has 1 aromatic rings. The summed E-state index contributed by atoms with van der Waals surface area (Å²) in [5, 5.41) is 0.624. The Hall–Kier alpha value is 0.169. The fraction of sp³-hybridized carbons (Fsp3) is 0.778. The van der Waals surface area contributed by atoms with Gasteiger partial charge in [-0.25, -0.2) is 0 Å². The first-order valence-electron chi connectivity index (χ1n) is 8.84. The summed E-state index contributed by atoms with van der Waals surface area (Å²) in [6.07, 6.45) is 12.1. The Morgan fingerprint density at radius 1 is 0.955 bits per heavy atom. The summed E-state index contributed by atoms with van der Waals surface area (Å²) in [6.45, 7) is 8.88. The summed E-state index contributed by atoms with van der Waals surface area (Å²) in [5.74, 6) is 0.832. The Balaban J connectivity index is 2.97. The number of hydrogen-bond donors (Lipinski definition) is 0. The van der Waals surface area contributed by atoms with Gasteiger partial charge in [0.15, 0.2) is 0 Å². The summed E-state index contributed by atoms with van der Waals surface area (Å²) in [5.41, 5.74) is 0. The third kappa shape index (κ3) is 7.16. The van der Waals surface area contributed by atoms with Crippen LogP contribution in [0.1, 0.15) is 84.4 Å². The third-order valence-electron chi connectivity index (χ3n) is 4.23.